The first-order valence-electron chi connectivity index (χ1n) is 21.7. The molecule has 2 fully saturated rings. The van der Waals surface area contributed by atoms with Crippen molar-refractivity contribution in [3.63, 3.8) is 0 Å². The van der Waals surface area contributed by atoms with Crippen molar-refractivity contribution in [1.29, 1.82) is 0 Å². The Kier molecular flexibility index (Phi) is 10.2. The first-order valence-corrected chi connectivity index (χ1v) is 21.7. The highest BCUT2D eigenvalue weighted by atomic mass is 19.1. The van der Waals surface area contributed by atoms with E-state index in [1.54, 1.807) is 16.8 Å². The van der Waals surface area contributed by atoms with Gasteiger partial charge in [0.25, 0.3) is 0 Å². The molecule has 4 aliphatic rings. The van der Waals surface area contributed by atoms with E-state index in [9.17, 15) is 18.4 Å². The van der Waals surface area contributed by atoms with E-state index in [-0.39, 0.29) is 42.1 Å². The number of halogens is 2. The molecule has 0 saturated heterocycles. The van der Waals surface area contributed by atoms with Crippen molar-refractivity contribution in [2.75, 3.05) is 57.4 Å². The fraction of sp³-hybridized carbons (Fsp3) is 0.391. The monoisotopic (exact) mass is 868 g/mol. The molecule has 2 N–H and O–H groups in total. The number of benzene rings is 2. The lowest BCUT2D eigenvalue weighted by Crippen LogP contribution is -2.56. The Labute approximate surface area is 369 Å². The van der Waals surface area contributed by atoms with Crippen molar-refractivity contribution in [1.82, 2.24) is 39.5 Å². The smallest absolute Gasteiger partial charge is 0.249 e. The van der Waals surface area contributed by atoms with E-state index in [1.165, 1.54) is 24.3 Å². The molecule has 6 heterocycles. The molecule has 2 aliphatic carbocycles. The van der Waals surface area contributed by atoms with Crippen LogP contribution in [0, 0.1) is 25.5 Å². The summed E-state index contributed by atoms with van der Waals surface area (Å²) >= 11 is 0. The Morgan fingerprint density at radius 1 is 0.641 bits per heavy atom. The van der Waals surface area contributed by atoms with Crippen LogP contribution in [0.1, 0.15) is 84.3 Å². The summed E-state index contributed by atoms with van der Waals surface area (Å²) in [7, 11) is 3.60. The van der Waals surface area contributed by atoms with Crippen molar-refractivity contribution in [3.05, 3.63) is 119 Å². The number of hydrogen-bond donors (Lipinski definition) is 2. The second kappa shape index (κ2) is 16.0. The van der Waals surface area contributed by atoms with Gasteiger partial charge in [-0.3, -0.25) is 19.0 Å². The second-order valence-electron chi connectivity index (χ2n) is 17.4. The number of nitrogens with zero attached hydrogens (tertiary/aromatic N) is 12. The number of rotatable bonds is 13. The van der Waals surface area contributed by atoms with Crippen LogP contribution in [0.3, 0.4) is 0 Å². The minimum atomic E-state index is -0.563. The normalized spacial score (nSPS) is 22.4. The lowest BCUT2D eigenvalue weighted by Gasteiger charge is -2.43. The average molecular weight is 869 g/mol. The highest BCUT2D eigenvalue weighted by Crippen LogP contribution is 2.52. The Morgan fingerprint density at radius 3 is 1.67 bits per heavy atom. The van der Waals surface area contributed by atoms with Crippen molar-refractivity contribution < 1.29 is 18.4 Å². The molecule has 0 radical (unpaired) electrons. The van der Waals surface area contributed by atoms with Gasteiger partial charge in [0.2, 0.25) is 23.7 Å². The second-order valence-corrected chi connectivity index (χ2v) is 17.4. The molecule has 4 aromatic heterocycles. The summed E-state index contributed by atoms with van der Waals surface area (Å²) in [5, 5.41) is 16.0. The van der Waals surface area contributed by atoms with E-state index < -0.39 is 12.1 Å². The summed E-state index contributed by atoms with van der Waals surface area (Å²) in [6, 6.07) is 12.7. The summed E-state index contributed by atoms with van der Waals surface area (Å²) in [6.45, 7) is 8.89. The molecule has 0 bridgehead atoms. The molecule has 6 aromatic rings. The van der Waals surface area contributed by atoms with Crippen LogP contribution < -0.4 is 30.2 Å². The summed E-state index contributed by atoms with van der Waals surface area (Å²) in [4.78, 5) is 54.4. The highest BCUT2D eigenvalue weighted by molar-refractivity contribution is 6.06. The number of carbonyl (C=O) groups excluding carboxylic acids is 2. The molecular weight excluding hydrogens is 819 g/mol. The van der Waals surface area contributed by atoms with Crippen LogP contribution in [0.15, 0.2) is 73.3 Å². The van der Waals surface area contributed by atoms with Crippen LogP contribution in [0.25, 0.3) is 0 Å². The van der Waals surface area contributed by atoms with Crippen LogP contribution in [-0.4, -0.2) is 90.6 Å². The van der Waals surface area contributed by atoms with Crippen LogP contribution in [0.4, 0.5) is 43.7 Å². The first kappa shape index (κ1) is 41.1. The summed E-state index contributed by atoms with van der Waals surface area (Å²) in [5.41, 5.74) is 6.66. The third-order valence-corrected chi connectivity index (χ3v) is 13.2. The standard InChI is InChI=1S/C46H50F2N14O2/c1-25-39-42(56-46(53-25)50-20-30-22-52-62(24-30)38-18-36(38)32-9-13-34(48)14-10-32)59(28(4)43(63)58(39)6)15-16-60-40-26(2)54-45(55-41(40)57(5)27(3)44(60)64)49-19-29-21-51-61(23-29)37-17-35(37)31-7-11-33(47)12-8-31/h7-14,21-24,27-28,35-38H,15-20H2,1-6H3,(H,49,54,55)(H,50,53,56)/t27-,28-,35-,36+,37-,38+/m0/s1. The zero-order valence-corrected chi connectivity index (χ0v) is 36.6. The van der Waals surface area contributed by atoms with Crippen LogP contribution >= 0.6 is 0 Å². The number of fused-ring (bicyclic) bond motifs is 2. The number of aromatic nitrogens is 8. The Hall–Kier alpha value is -6.98. The first-order chi connectivity index (χ1) is 30.8. The molecule has 0 spiro atoms. The zero-order valence-electron chi connectivity index (χ0n) is 36.6. The van der Waals surface area contributed by atoms with Gasteiger partial charge in [-0.1, -0.05) is 24.3 Å². The van der Waals surface area contributed by atoms with Gasteiger partial charge < -0.3 is 30.2 Å². The minimum absolute atomic E-state index is 0.0980. The van der Waals surface area contributed by atoms with Gasteiger partial charge in [-0.2, -0.15) is 20.2 Å². The van der Waals surface area contributed by atoms with Gasteiger partial charge in [0, 0.05) is 75.6 Å². The molecule has 16 nitrogen and oxygen atoms in total. The molecule has 64 heavy (non-hydrogen) atoms. The lowest BCUT2D eigenvalue weighted by atomic mass is 10.1. The van der Waals surface area contributed by atoms with Gasteiger partial charge in [0.05, 0.1) is 35.9 Å². The summed E-state index contributed by atoms with van der Waals surface area (Å²) in [5.74, 6) is 1.99. The fourth-order valence-electron chi connectivity index (χ4n) is 9.28. The molecule has 6 atom stereocenters. The predicted molar refractivity (Wildman–Crippen MR) is 239 cm³/mol. The van der Waals surface area contributed by atoms with Gasteiger partial charge in [0.15, 0.2) is 11.6 Å². The number of aryl methyl sites for hydroxylation is 2. The van der Waals surface area contributed by atoms with Crippen molar-refractivity contribution >= 4 is 46.7 Å². The van der Waals surface area contributed by atoms with E-state index >= 15 is 0 Å². The third-order valence-electron chi connectivity index (χ3n) is 13.2. The predicted octanol–water partition coefficient (Wildman–Crippen LogP) is 6.28. The molecule has 2 amide bonds. The maximum absolute atomic E-state index is 14.1. The van der Waals surface area contributed by atoms with Crippen molar-refractivity contribution in [3.8, 4) is 0 Å². The number of anilines is 6. The number of hydrogen-bond acceptors (Lipinski definition) is 12. The molecule has 2 saturated carbocycles. The maximum Gasteiger partial charge on any atom is 0.249 e. The molecular formula is C46H50F2N14O2. The number of likely N-dealkylation sites (N-methyl/N-ethyl adjacent to an activating group) is 2. The quantitative estimate of drug-likeness (QED) is 0.134. The largest absolute Gasteiger partial charge is 0.350 e. The topological polar surface area (TPSA) is 158 Å². The average Bonchev–Trinajstić information content (AvgIpc) is 4.16. The summed E-state index contributed by atoms with van der Waals surface area (Å²) in [6.07, 6.45) is 9.59. The van der Waals surface area contributed by atoms with Crippen LogP contribution in [-0.2, 0) is 22.7 Å². The number of amides is 2. The molecule has 0 unspecified atom stereocenters. The van der Waals surface area contributed by atoms with Crippen molar-refractivity contribution in [2.45, 2.75) is 89.6 Å². The van der Waals surface area contributed by atoms with E-state index in [0.717, 1.165) is 35.1 Å². The van der Waals surface area contributed by atoms with E-state index in [0.29, 0.717) is 77.8 Å². The van der Waals surface area contributed by atoms with Gasteiger partial charge in [-0.15, -0.1) is 0 Å². The molecule has 2 aliphatic heterocycles. The fourth-order valence-corrected chi connectivity index (χ4v) is 9.28. The molecule has 330 valence electrons. The van der Waals surface area contributed by atoms with E-state index in [4.69, 9.17) is 19.9 Å². The highest BCUT2D eigenvalue weighted by Gasteiger charge is 2.43. The number of nitrogens with one attached hydrogen (secondary N) is 2. The van der Waals surface area contributed by atoms with E-state index in [2.05, 4.69) is 20.8 Å². The van der Waals surface area contributed by atoms with E-state index in [1.807, 2.05) is 103 Å². The van der Waals surface area contributed by atoms with Gasteiger partial charge >= 0.3 is 0 Å². The van der Waals surface area contributed by atoms with Gasteiger partial charge in [-0.05, 0) is 75.9 Å². The lowest BCUT2D eigenvalue weighted by molar-refractivity contribution is -0.120. The maximum atomic E-state index is 14.1. The Morgan fingerprint density at radius 2 is 1.14 bits per heavy atom. The van der Waals surface area contributed by atoms with Crippen LogP contribution in [0.2, 0.25) is 0 Å². The molecule has 2 aromatic carbocycles. The third kappa shape index (κ3) is 7.53. The SMILES string of the molecule is Cc1nc(NCc2cnn([C@@H]3C[C@@H]3c3ccc(F)cc3)c2)nc2c1N(C)C(=O)[C@H](C)N2CCN1C(=O)[C@H](C)N(C)c2nc(NCc3cnn([C@H]4C[C@H]4c4ccc(F)cc4)c3)nc(C)c21. The van der Waals surface area contributed by atoms with Gasteiger partial charge in [-0.25, -0.2) is 18.7 Å². The summed E-state index contributed by atoms with van der Waals surface area (Å²) < 4.78 is 30.9. The molecule has 18 heteroatoms. The Bertz CT molecular complexity index is 2760. The van der Waals surface area contributed by atoms with Crippen LogP contribution in [0.5, 0.6) is 0 Å². The van der Waals surface area contributed by atoms with Gasteiger partial charge in [0.1, 0.15) is 35.1 Å². The number of carbonyl (C=O) groups is 2. The Balaban J connectivity index is 0.828. The minimum Gasteiger partial charge on any atom is -0.350 e. The zero-order chi connectivity index (χ0) is 44.6. The molecule has 10 rings (SSSR count). The van der Waals surface area contributed by atoms with Crippen molar-refractivity contribution in [2.24, 2.45) is 0 Å².